The lowest BCUT2D eigenvalue weighted by atomic mass is 9.89. The first kappa shape index (κ1) is 22.1. The number of esters is 1. The van der Waals surface area contributed by atoms with Gasteiger partial charge in [0.05, 0.1) is 19.6 Å². The number of aryl methyl sites for hydroxylation is 1. The molecule has 0 fully saturated rings. The van der Waals surface area contributed by atoms with Crippen molar-refractivity contribution in [1.82, 2.24) is 5.32 Å². The summed E-state index contributed by atoms with van der Waals surface area (Å²) in [4.78, 5) is 48.7. The van der Waals surface area contributed by atoms with Crippen LogP contribution in [0.25, 0.3) is 0 Å². The second-order valence-electron chi connectivity index (χ2n) is 6.30. The van der Waals surface area contributed by atoms with E-state index >= 15 is 0 Å². The van der Waals surface area contributed by atoms with Gasteiger partial charge in [0.15, 0.2) is 5.78 Å². The summed E-state index contributed by atoms with van der Waals surface area (Å²) in [5, 5.41) is 11.8. The summed E-state index contributed by atoms with van der Waals surface area (Å²) in [7, 11) is 1.49. The molecule has 1 aromatic rings. The molecule has 0 saturated heterocycles. The van der Waals surface area contributed by atoms with Gasteiger partial charge >= 0.3 is 11.9 Å². The van der Waals surface area contributed by atoms with Crippen LogP contribution in [0.2, 0.25) is 0 Å². The monoisotopic (exact) mass is 379 g/mol. The highest BCUT2D eigenvalue weighted by atomic mass is 16.5. The van der Waals surface area contributed by atoms with Gasteiger partial charge in [0.2, 0.25) is 11.4 Å². The maximum absolute atomic E-state index is 12.7. The minimum absolute atomic E-state index is 0.195. The molecule has 0 spiro atoms. The van der Waals surface area contributed by atoms with Gasteiger partial charge < -0.3 is 19.9 Å². The first-order valence-corrected chi connectivity index (χ1v) is 8.48. The van der Waals surface area contributed by atoms with Crippen LogP contribution in [0.4, 0.5) is 0 Å². The van der Waals surface area contributed by atoms with Crippen LogP contribution in [0.3, 0.4) is 0 Å². The molecular weight excluding hydrogens is 354 g/mol. The SMILES string of the molecule is CCC(C)OC(=O)C(CC(=O)c1ccc(OC)c(C)c1)(NC(C)=O)C(=O)O. The number of Topliss-reactive ketones (excluding diaryl/α,β-unsaturated/α-hetero) is 1. The van der Waals surface area contributed by atoms with Crippen molar-refractivity contribution >= 4 is 23.6 Å². The summed E-state index contributed by atoms with van der Waals surface area (Å²) in [6.07, 6.45) is -0.890. The Bertz CT molecular complexity index is 744. The molecule has 0 aliphatic rings. The molecule has 1 rings (SSSR count). The number of nitrogens with one attached hydrogen (secondary N) is 1. The highest BCUT2D eigenvalue weighted by Gasteiger charge is 2.51. The lowest BCUT2D eigenvalue weighted by Crippen LogP contribution is -2.61. The topological polar surface area (TPSA) is 119 Å². The van der Waals surface area contributed by atoms with Crippen molar-refractivity contribution in [3.8, 4) is 5.75 Å². The average Bonchev–Trinajstić information content (AvgIpc) is 2.59. The first-order chi connectivity index (χ1) is 12.6. The molecule has 0 aliphatic heterocycles. The summed E-state index contributed by atoms with van der Waals surface area (Å²) < 4.78 is 10.2. The van der Waals surface area contributed by atoms with Crippen LogP contribution in [0.1, 0.15) is 49.5 Å². The van der Waals surface area contributed by atoms with Crippen molar-refractivity contribution in [3.05, 3.63) is 29.3 Å². The minimum Gasteiger partial charge on any atom is -0.496 e. The van der Waals surface area contributed by atoms with E-state index in [1.165, 1.54) is 19.2 Å². The Balaban J connectivity index is 3.28. The van der Waals surface area contributed by atoms with Gasteiger partial charge in [-0.1, -0.05) is 6.92 Å². The van der Waals surface area contributed by atoms with Crippen molar-refractivity contribution in [3.63, 3.8) is 0 Å². The fraction of sp³-hybridized carbons (Fsp3) is 0.474. The van der Waals surface area contributed by atoms with Crippen LogP contribution in [-0.4, -0.2) is 47.5 Å². The summed E-state index contributed by atoms with van der Waals surface area (Å²) in [6, 6.07) is 4.57. The Hall–Kier alpha value is -2.90. The number of ether oxygens (including phenoxy) is 2. The molecule has 148 valence electrons. The van der Waals surface area contributed by atoms with Crippen LogP contribution in [0.5, 0.6) is 5.75 Å². The largest absolute Gasteiger partial charge is 0.496 e. The Morgan fingerprint density at radius 3 is 2.33 bits per heavy atom. The third-order valence-electron chi connectivity index (χ3n) is 4.13. The van der Waals surface area contributed by atoms with Gasteiger partial charge in [-0.15, -0.1) is 0 Å². The van der Waals surface area contributed by atoms with E-state index < -0.39 is 41.7 Å². The van der Waals surface area contributed by atoms with Crippen molar-refractivity contribution in [2.75, 3.05) is 7.11 Å². The molecule has 1 aromatic carbocycles. The smallest absolute Gasteiger partial charge is 0.344 e. The number of carbonyl (C=O) groups excluding carboxylic acids is 3. The van der Waals surface area contributed by atoms with Gasteiger partial charge in [-0.05, 0) is 44.0 Å². The molecule has 2 unspecified atom stereocenters. The van der Waals surface area contributed by atoms with Crippen LogP contribution >= 0.6 is 0 Å². The summed E-state index contributed by atoms with van der Waals surface area (Å²) in [5.41, 5.74) is -1.63. The number of ketones is 1. The van der Waals surface area contributed by atoms with E-state index in [0.717, 1.165) is 6.92 Å². The molecule has 0 saturated carbocycles. The van der Waals surface area contributed by atoms with Crippen molar-refractivity contribution in [2.24, 2.45) is 0 Å². The molecule has 27 heavy (non-hydrogen) atoms. The predicted molar refractivity (Wildman–Crippen MR) is 96.7 cm³/mol. The number of carboxylic acids is 1. The van der Waals surface area contributed by atoms with E-state index in [-0.39, 0.29) is 5.56 Å². The lowest BCUT2D eigenvalue weighted by molar-refractivity contribution is -0.168. The van der Waals surface area contributed by atoms with Crippen LogP contribution in [0.15, 0.2) is 18.2 Å². The number of amides is 1. The molecule has 2 atom stereocenters. The highest BCUT2D eigenvalue weighted by Crippen LogP contribution is 2.23. The number of carboxylic acid groups (broad SMARTS) is 1. The average molecular weight is 379 g/mol. The van der Waals surface area contributed by atoms with E-state index in [9.17, 15) is 24.3 Å². The maximum Gasteiger partial charge on any atom is 0.344 e. The number of hydrogen-bond acceptors (Lipinski definition) is 6. The molecular formula is C19H25NO7. The standard InChI is InChI=1S/C19H25NO7/c1-6-12(3)27-18(25)19(17(23)24,20-13(4)21)10-15(22)14-7-8-16(26-5)11(2)9-14/h7-9,12H,6,10H2,1-5H3,(H,20,21)(H,23,24). The van der Waals surface area contributed by atoms with Gasteiger partial charge in [-0.3, -0.25) is 9.59 Å². The van der Waals surface area contributed by atoms with Crippen molar-refractivity contribution in [1.29, 1.82) is 0 Å². The quantitative estimate of drug-likeness (QED) is 0.382. The van der Waals surface area contributed by atoms with Crippen LogP contribution < -0.4 is 10.1 Å². The van der Waals surface area contributed by atoms with Gasteiger partial charge in [0, 0.05) is 12.5 Å². The second-order valence-corrected chi connectivity index (χ2v) is 6.30. The first-order valence-electron chi connectivity index (χ1n) is 8.48. The third-order valence-corrected chi connectivity index (χ3v) is 4.13. The molecule has 0 aliphatic carbocycles. The minimum atomic E-state index is -2.50. The van der Waals surface area contributed by atoms with E-state index in [1.807, 2.05) is 0 Å². The summed E-state index contributed by atoms with van der Waals surface area (Å²) in [5.74, 6) is -3.67. The van der Waals surface area contributed by atoms with Gasteiger partial charge in [-0.2, -0.15) is 0 Å². The molecule has 2 N–H and O–H groups in total. The zero-order chi connectivity index (χ0) is 20.8. The number of carbonyl (C=O) groups is 4. The number of rotatable bonds is 9. The lowest BCUT2D eigenvalue weighted by Gasteiger charge is -2.28. The van der Waals surface area contributed by atoms with E-state index in [0.29, 0.717) is 17.7 Å². The zero-order valence-corrected chi connectivity index (χ0v) is 16.1. The molecule has 8 heteroatoms. The number of benzene rings is 1. The van der Waals surface area contributed by atoms with Gasteiger partial charge in [0.1, 0.15) is 5.75 Å². The Labute approximate surface area is 157 Å². The molecule has 0 aromatic heterocycles. The normalized spacial score (nSPS) is 13.8. The zero-order valence-electron chi connectivity index (χ0n) is 16.1. The molecule has 0 bridgehead atoms. The molecule has 1 amide bonds. The van der Waals surface area contributed by atoms with Gasteiger partial charge in [-0.25, -0.2) is 9.59 Å². The van der Waals surface area contributed by atoms with Crippen LogP contribution in [0, 0.1) is 6.92 Å². The van der Waals surface area contributed by atoms with Crippen molar-refractivity contribution in [2.45, 2.75) is 52.2 Å². The Morgan fingerprint density at radius 2 is 1.89 bits per heavy atom. The number of hydrogen-bond donors (Lipinski definition) is 2. The summed E-state index contributed by atoms with van der Waals surface area (Å²) in [6.45, 7) is 6.14. The highest BCUT2D eigenvalue weighted by molar-refractivity contribution is 6.12. The number of aliphatic carboxylic acids is 1. The molecule has 0 heterocycles. The third kappa shape index (κ3) is 5.29. The Kier molecular flexibility index (Phi) is 7.51. The van der Waals surface area contributed by atoms with E-state index in [1.54, 1.807) is 26.8 Å². The van der Waals surface area contributed by atoms with E-state index in [4.69, 9.17) is 9.47 Å². The van der Waals surface area contributed by atoms with E-state index in [2.05, 4.69) is 5.32 Å². The maximum atomic E-state index is 12.7. The van der Waals surface area contributed by atoms with Crippen molar-refractivity contribution < 1.29 is 33.8 Å². The molecule has 8 nitrogen and oxygen atoms in total. The molecule has 0 radical (unpaired) electrons. The predicted octanol–water partition coefficient (Wildman–Crippen LogP) is 1.88. The number of methoxy groups -OCH3 is 1. The van der Waals surface area contributed by atoms with Crippen LogP contribution in [-0.2, 0) is 19.1 Å². The summed E-state index contributed by atoms with van der Waals surface area (Å²) >= 11 is 0. The fourth-order valence-electron chi connectivity index (χ4n) is 2.45. The second kappa shape index (κ2) is 9.16. The Morgan fingerprint density at radius 1 is 1.26 bits per heavy atom. The van der Waals surface area contributed by atoms with Gasteiger partial charge in [0.25, 0.3) is 0 Å². The fourth-order valence-corrected chi connectivity index (χ4v) is 2.45.